The lowest BCUT2D eigenvalue weighted by atomic mass is 10.0. The van der Waals surface area contributed by atoms with Gasteiger partial charge in [0.15, 0.2) is 11.9 Å². The minimum absolute atomic E-state index is 0.118. The lowest BCUT2D eigenvalue weighted by Gasteiger charge is -2.13. The molecule has 1 aromatic carbocycles. The van der Waals surface area contributed by atoms with Crippen LogP contribution in [-0.2, 0) is 4.74 Å². The van der Waals surface area contributed by atoms with Crippen LogP contribution in [0, 0.1) is 20.8 Å². The van der Waals surface area contributed by atoms with Crippen molar-refractivity contribution in [1.82, 2.24) is 14.8 Å². The van der Waals surface area contributed by atoms with Crippen molar-refractivity contribution < 1.29 is 19.1 Å². The molecule has 0 spiro atoms. The summed E-state index contributed by atoms with van der Waals surface area (Å²) in [6, 6.07) is 8.68. The first kappa shape index (κ1) is 20.3. The number of carbonyl (C=O) groups is 3. The average molecular weight is 393 g/mol. The molecule has 2 heterocycles. The predicted octanol–water partition coefficient (Wildman–Crippen LogP) is 3.76. The second-order valence-corrected chi connectivity index (χ2v) is 7.02. The summed E-state index contributed by atoms with van der Waals surface area (Å²) in [5, 5.41) is 4.22. The molecule has 0 aliphatic carbocycles. The van der Waals surface area contributed by atoms with Gasteiger partial charge < -0.3 is 9.72 Å². The van der Waals surface area contributed by atoms with E-state index in [-0.39, 0.29) is 17.3 Å². The lowest BCUT2D eigenvalue weighted by molar-refractivity contribution is 0.0317. The first-order valence-electron chi connectivity index (χ1n) is 9.27. The number of nitrogens with one attached hydrogen (secondary N) is 1. The number of carbonyl (C=O) groups excluding carboxylic acids is 3. The summed E-state index contributed by atoms with van der Waals surface area (Å²) in [6.07, 6.45) is 0.708. The maximum Gasteiger partial charge on any atom is 0.338 e. The first-order chi connectivity index (χ1) is 13.7. The highest BCUT2D eigenvalue weighted by Crippen LogP contribution is 2.21. The van der Waals surface area contributed by atoms with E-state index in [0.717, 1.165) is 11.4 Å². The Morgan fingerprint density at radius 3 is 2.24 bits per heavy atom. The van der Waals surface area contributed by atoms with Gasteiger partial charge in [0.2, 0.25) is 5.78 Å². The van der Waals surface area contributed by atoms with Gasteiger partial charge >= 0.3 is 5.97 Å². The fraction of sp³-hybridized carbons (Fsp3) is 0.273. The predicted molar refractivity (Wildman–Crippen MR) is 108 cm³/mol. The molecule has 1 N–H and O–H groups in total. The molecule has 0 fully saturated rings. The highest BCUT2D eigenvalue weighted by molar-refractivity contribution is 6.05. The molecule has 0 aliphatic heterocycles. The zero-order valence-electron chi connectivity index (χ0n) is 17.1. The van der Waals surface area contributed by atoms with Gasteiger partial charge in [-0.15, -0.1) is 0 Å². The molecule has 7 heteroatoms. The molecule has 0 amide bonds. The number of ketones is 2. The molecule has 0 unspecified atom stereocenters. The van der Waals surface area contributed by atoms with Crippen molar-refractivity contribution in [2.75, 3.05) is 0 Å². The molecule has 29 heavy (non-hydrogen) atoms. The van der Waals surface area contributed by atoms with Crippen LogP contribution in [0.4, 0.5) is 0 Å². The van der Waals surface area contributed by atoms with Gasteiger partial charge in [0.05, 0.1) is 16.9 Å². The van der Waals surface area contributed by atoms with Crippen LogP contribution in [0.1, 0.15) is 62.0 Å². The average Bonchev–Trinajstić information content (AvgIpc) is 3.23. The van der Waals surface area contributed by atoms with Gasteiger partial charge in [-0.2, -0.15) is 5.10 Å². The van der Waals surface area contributed by atoms with E-state index in [1.165, 1.54) is 13.8 Å². The topological polar surface area (TPSA) is 94.0 Å². The Balaban J connectivity index is 1.74. The summed E-state index contributed by atoms with van der Waals surface area (Å²) in [7, 11) is 0. The van der Waals surface area contributed by atoms with Gasteiger partial charge in [0.1, 0.15) is 0 Å². The SMILES string of the molecule is CC(=O)c1c(C)[nH]c(C(=O)[C@@H](C)OC(=O)c2ccc(-n3nccc3C)cc2)c1C. The number of ether oxygens (including phenoxy) is 1. The van der Waals surface area contributed by atoms with Crippen molar-refractivity contribution in [3.63, 3.8) is 0 Å². The summed E-state index contributed by atoms with van der Waals surface area (Å²) < 4.78 is 7.11. The first-order valence-corrected chi connectivity index (χ1v) is 9.27. The number of nitrogens with zero attached hydrogens (tertiary/aromatic N) is 2. The highest BCUT2D eigenvalue weighted by Gasteiger charge is 2.26. The number of aryl methyl sites for hydroxylation is 2. The van der Waals surface area contributed by atoms with Crippen molar-refractivity contribution in [3.8, 4) is 5.69 Å². The van der Waals surface area contributed by atoms with E-state index >= 15 is 0 Å². The van der Waals surface area contributed by atoms with Crippen LogP contribution in [0.25, 0.3) is 5.69 Å². The van der Waals surface area contributed by atoms with Crippen molar-refractivity contribution in [2.24, 2.45) is 0 Å². The van der Waals surface area contributed by atoms with Crippen molar-refractivity contribution in [3.05, 3.63) is 70.3 Å². The van der Waals surface area contributed by atoms with Crippen molar-refractivity contribution in [2.45, 2.75) is 40.7 Å². The maximum absolute atomic E-state index is 12.7. The third-order valence-corrected chi connectivity index (χ3v) is 4.87. The van der Waals surface area contributed by atoms with E-state index in [2.05, 4.69) is 10.1 Å². The summed E-state index contributed by atoms with van der Waals surface area (Å²) >= 11 is 0. The smallest absolute Gasteiger partial charge is 0.338 e. The number of aromatic nitrogens is 3. The quantitative estimate of drug-likeness (QED) is 0.508. The Hall–Kier alpha value is -3.48. The zero-order chi connectivity index (χ0) is 21.3. The van der Waals surface area contributed by atoms with Gasteiger partial charge in [-0.25, -0.2) is 9.48 Å². The van der Waals surface area contributed by atoms with E-state index in [9.17, 15) is 14.4 Å². The van der Waals surface area contributed by atoms with Crippen LogP contribution in [0.2, 0.25) is 0 Å². The highest BCUT2D eigenvalue weighted by atomic mass is 16.5. The Morgan fingerprint density at radius 1 is 1.07 bits per heavy atom. The lowest BCUT2D eigenvalue weighted by Crippen LogP contribution is -2.25. The molecule has 0 saturated carbocycles. The minimum atomic E-state index is -0.993. The van der Waals surface area contributed by atoms with Crippen LogP contribution < -0.4 is 0 Å². The number of hydrogen-bond acceptors (Lipinski definition) is 5. The van der Waals surface area contributed by atoms with Crippen LogP contribution in [0.3, 0.4) is 0 Å². The molecule has 150 valence electrons. The molecule has 0 aliphatic rings. The van der Waals surface area contributed by atoms with Gasteiger partial charge in [-0.05, 0) is 70.5 Å². The third kappa shape index (κ3) is 3.89. The Bertz CT molecular complexity index is 1090. The number of aromatic amines is 1. The Kier molecular flexibility index (Phi) is 5.50. The molecule has 0 radical (unpaired) electrons. The third-order valence-electron chi connectivity index (χ3n) is 4.87. The van der Waals surface area contributed by atoms with E-state index in [1.807, 2.05) is 13.0 Å². The number of benzene rings is 1. The minimum Gasteiger partial charge on any atom is -0.451 e. The van der Waals surface area contributed by atoms with Crippen LogP contribution in [-0.4, -0.2) is 38.4 Å². The largest absolute Gasteiger partial charge is 0.451 e. The molecular formula is C22H23N3O4. The molecule has 7 nitrogen and oxygen atoms in total. The summed E-state index contributed by atoms with van der Waals surface area (Å²) in [4.78, 5) is 39.9. The second-order valence-electron chi connectivity index (χ2n) is 7.02. The van der Waals surface area contributed by atoms with E-state index < -0.39 is 12.1 Å². The molecule has 0 bridgehead atoms. The van der Waals surface area contributed by atoms with Gasteiger partial charge in [-0.3, -0.25) is 9.59 Å². The van der Waals surface area contributed by atoms with E-state index in [1.54, 1.807) is 49.0 Å². The van der Waals surface area contributed by atoms with Crippen molar-refractivity contribution >= 4 is 17.5 Å². The summed E-state index contributed by atoms with van der Waals surface area (Å²) in [5.41, 5.74) is 4.11. The van der Waals surface area contributed by atoms with E-state index in [4.69, 9.17) is 4.74 Å². The molecule has 0 saturated heterocycles. The molecule has 3 rings (SSSR count). The fourth-order valence-corrected chi connectivity index (χ4v) is 3.39. The summed E-state index contributed by atoms with van der Waals surface area (Å²) in [5.74, 6) is -1.09. The molecule has 2 aromatic heterocycles. The summed E-state index contributed by atoms with van der Waals surface area (Å²) in [6.45, 7) is 8.35. The number of rotatable bonds is 6. The molecule has 3 aromatic rings. The van der Waals surface area contributed by atoms with Crippen LogP contribution in [0.5, 0.6) is 0 Å². The molecule has 1 atom stereocenters. The van der Waals surface area contributed by atoms with Gasteiger partial charge in [0, 0.05) is 23.1 Å². The Labute approximate surface area is 168 Å². The zero-order valence-corrected chi connectivity index (χ0v) is 17.1. The fourth-order valence-electron chi connectivity index (χ4n) is 3.39. The van der Waals surface area contributed by atoms with Crippen LogP contribution in [0.15, 0.2) is 36.5 Å². The number of hydrogen-bond donors (Lipinski definition) is 1. The Morgan fingerprint density at radius 2 is 1.72 bits per heavy atom. The maximum atomic E-state index is 12.7. The normalized spacial score (nSPS) is 11.9. The second kappa shape index (κ2) is 7.87. The van der Waals surface area contributed by atoms with Gasteiger partial charge in [-0.1, -0.05) is 0 Å². The number of Topliss-reactive ketones (excluding diaryl/α,β-unsaturated/α-hetero) is 2. The molecular weight excluding hydrogens is 370 g/mol. The number of H-pyrrole nitrogens is 1. The monoisotopic (exact) mass is 393 g/mol. The van der Waals surface area contributed by atoms with Gasteiger partial charge in [0.25, 0.3) is 0 Å². The van der Waals surface area contributed by atoms with Crippen LogP contribution >= 0.6 is 0 Å². The number of esters is 1. The van der Waals surface area contributed by atoms with E-state index in [0.29, 0.717) is 22.4 Å². The van der Waals surface area contributed by atoms with Crippen molar-refractivity contribution in [1.29, 1.82) is 0 Å². The standard InChI is InChI=1S/C22H23N3O4/c1-12-10-11-23-25(12)18-8-6-17(7-9-18)22(28)29-16(5)21(27)20-13(2)19(15(4)26)14(3)24-20/h6-11,16,24H,1-5H3/t16-/m1/s1.